The van der Waals surface area contributed by atoms with Gasteiger partial charge in [0.1, 0.15) is 11.8 Å². The van der Waals surface area contributed by atoms with E-state index in [2.05, 4.69) is 5.32 Å². The quantitative estimate of drug-likeness (QED) is 0.164. The number of nitrogens with one attached hydrogen (secondary N) is 2. The number of aliphatic carboxylic acids is 1. The number of phenols is 1. The maximum Gasteiger partial charge on any atom is 0.326 e. The van der Waals surface area contributed by atoms with E-state index in [0.29, 0.717) is 18.5 Å². The van der Waals surface area contributed by atoms with Crippen LogP contribution < -0.4 is 11.1 Å². The molecule has 0 aliphatic carbocycles. The SMILES string of the molecule is N=C(N)NCCC[C@H](C(=O)O)N(C(=O)Cc1ccc(O)cc1)C(c1ccccc1)c1ccccc1. The second kappa shape index (κ2) is 12.2. The topological polar surface area (TPSA) is 140 Å². The van der Waals surface area contributed by atoms with Gasteiger partial charge in [0.2, 0.25) is 5.91 Å². The standard InChI is InChI=1S/C27H30N4O4/c28-27(29)30-17-7-12-23(26(34)35)31(24(33)18-19-13-15-22(32)16-14-19)25(20-8-3-1-4-9-20)21-10-5-2-6-11-21/h1-6,8-11,13-16,23,25,32H,7,12,17-18H2,(H,34,35)(H4,28,29,30)/t23-/m1/s1. The molecule has 3 aromatic rings. The monoisotopic (exact) mass is 474 g/mol. The van der Waals surface area contributed by atoms with Crippen LogP contribution >= 0.6 is 0 Å². The number of carboxylic acid groups (broad SMARTS) is 1. The van der Waals surface area contributed by atoms with Gasteiger partial charge >= 0.3 is 5.97 Å². The first-order valence-electron chi connectivity index (χ1n) is 11.4. The van der Waals surface area contributed by atoms with Gasteiger partial charge in [-0.15, -0.1) is 0 Å². The van der Waals surface area contributed by atoms with Crippen molar-refractivity contribution in [1.82, 2.24) is 10.2 Å². The fourth-order valence-electron chi connectivity index (χ4n) is 4.06. The number of rotatable bonds is 11. The van der Waals surface area contributed by atoms with Crippen molar-refractivity contribution >= 4 is 17.8 Å². The summed E-state index contributed by atoms with van der Waals surface area (Å²) in [5.74, 6) is -1.56. The third-order valence-electron chi connectivity index (χ3n) is 5.68. The van der Waals surface area contributed by atoms with E-state index in [1.807, 2.05) is 60.7 Å². The number of hydrogen-bond acceptors (Lipinski definition) is 4. The molecule has 1 atom stereocenters. The van der Waals surface area contributed by atoms with Gasteiger partial charge in [-0.25, -0.2) is 4.79 Å². The van der Waals surface area contributed by atoms with E-state index in [0.717, 1.165) is 11.1 Å². The van der Waals surface area contributed by atoms with E-state index in [1.165, 1.54) is 17.0 Å². The van der Waals surface area contributed by atoms with Gasteiger partial charge in [-0.05, 0) is 41.7 Å². The van der Waals surface area contributed by atoms with Crippen molar-refractivity contribution in [3.63, 3.8) is 0 Å². The summed E-state index contributed by atoms with van der Waals surface area (Å²) in [7, 11) is 0. The molecule has 0 saturated heterocycles. The van der Waals surface area contributed by atoms with Gasteiger partial charge in [0, 0.05) is 6.54 Å². The molecule has 0 fully saturated rings. The molecule has 35 heavy (non-hydrogen) atoms. The molecule has 3 rings (SSSR count). The van der Waals surface area contributed by atoms with Gasteiger partial charge in [-0.2, -0.15) is 0 Å². The lowest BCUT2D eigenvalue weighted by atomic mass is 9.93. The Bertz CT molecular complexity index is 1080. The van der Waals surface area contributed by atoms with Crippen LogP contribution in [0, 0.1) is 5.41 Å². The molecule has 1 amide bonds. The van der Waals surface area contributed by atoms with Crippen molar-refractivity contribution in [2.75, 3.05) is 6.54 Å². The maximum absolute atomic E-state index is 13.8. The minimum atomic E-state index is -1.11. The average Bonchev–Trinajstić information content (AvgIpc) is 2.85. The Morgan fingerprint density at radius 1 is 0.914 bits per heavy atom. The molecule has 182 valence electrons. The van der Waals surface area contributed by atoms with Crippen LogP contribution in [0.5, 0.6) is 5.75 Å². The summed E-state index contributed by atoms with van der Waals surface area (Å²) in [5.41, 5.74) is 7.61. The molecular formula is C27H30N4O4. The highest BCUT2D eigenvalue weighted by Gasteiger charge is 2.36. The molecule has 0 unspecified atom stereocenters. The minimum absolute atomic E-state index is 0.0219. The Morgan fingerprint density at radius 3 is 1.94 bits per heavy atom. The van der Waals surface area contributed by atoms with Crippen molar-refractivity contribution in [2.24, 2.45) is 5.73 Å². The van der Waals surface area contributed by atoms with Crippen LogP contribution in [-0.4, -0.2) is 45.5 Å². The molecule has 8 heteroatoms. The number of nitrogens with two attached hydrogens (primary N) is 1. The van der Waals surface area contributed by atoms with Crippen LogP contribution in [0.4, 0.5) is 0 Å². The second-order valence-corrected chi connectivity index (χ2v) is 8.20. The number of phenolic OH excluding ortho intramolecular Hbond substituents is 1. The van der Waals surface area contributed by atoms with Crippen LogP contribution in [0.2, 0.25) is 0 Å². The molecule has 0 saturated carbocycles. The highest BCUT2D eigenvalue weighted by atomic mass is 16.4. The predicted octanol–water partition coefficient (Wildman–Crippen LogP) is 3.27. The molecule has 0 aliphatic heterocycles. The van der Waals surface area contributed by atoms with E-state index >= 15 is 0 Å². The Morgan fingerprint density at radius 2 is 1.46 bits per heavy atom. The van der Waals surface area contributed by atoms with Crippen molar-refractivity contribution < 1.29 is 19.8 Å². The number of carboxylic acids is 1. The summed E-state index contributed by atoms with van der Waals surface area (Å²) in [6.45, 7) is 0.320. The third-order valence-corrected chi connectivity index (χ3v) is 5.68. The zero-order valence-electron chi connectivity index (χ0n) is 19.3. The van der Waals surface area contributed by atoms with Gasteiger partial charge in [-0.1, -0.05) is 72.8 Å². The van der Waals surface area contributed by atoms with Gasteiger partial charge in [0.05, 0.1) is 12.5 Å². The van der Waals surface area contributed by atoms with Gasteiger partial charge in [0.15, 0.2) is 5.96 Å². The fourth-order valence-corrected chi connectivity index (χ4v) is 4.06. The average molecular weight is 475 g/mol. The Hall–Kier alpha value is -4.33. The molecule has 0 radical (unpaired) electrons. The first-order chi connectivity index (χ1) is 16.9. The largest absolute Gasteiger partial charge is 0.508 e. The molecule has 0 aromatic heterocycles. The van der Waals surface area contributed by atoms with E-state index in [-0.39, 0.29) is 30.5 Å². The predicted molar refractivity (Wildman–Crippen MR) is 134 cm³/mol. The van der Waals surface area contributed by atoms with Gasteiger partial charge < -0.3 is 26.2 Å². The first-order valence-corrected chi connectivity index (χ1v) is 11.4. The molecular weight excluding hydrogens is 444 g/mol. The van der Waals surface area contributed by atoms with E-state index in [4.69, 9.17) is 11.1 Å². The number of carbonyl (C=O) groups excluding carboxylic acids is 1. The molecule has 0 spiro atoms. The van der Waals surface area contributed by atoms with Gasteiger partial charge in [0.25, 0.3) is 0 Å². The Kier molecular flexibility index (Phi) is 8.83. The van der Waals surface area contributed by atoms with Crippen LogP contribution in [0.3, 0.4) is 0 Å². The minimum Gasteiger partial charge on any atom is -0.508 e. The number of hydrogen-bond donors (Lipinski definition) is 5. The number of carbonyl (C=O) groups is 2. The number of aromatic hydroxyl groups is 1. The summed E-state index contributed by atoms with van der Waals surface area (Å²) in [4.78, 5) is 27.8. The highest BCUT2D eigenvalue weighted by Crippen LogP contribution is 2.32. The Labute approximate surface area is 204 Å². The fraction of sp³-hybridized carbons (Fsp3) is 0.222. The van der Waals surface area contributed by atoms with E-state index in [9.17, 15) is 19.8 Å². The lowest BCUT2D eigenvalue weighted by Crippen LogP contribution is -2.48. The first kappa shape index (κ1) is 25.3. The normalized spacial score (nSPS) is 11.6. The lowest BCUT2D eigenvalue weighted by Gasteiger charge is -2.37. The molecule has 8 nitrogen and oxygen atoms in total. The summed E-state index contributed by atoms with van der Waals surface area (Å²) in [6.07, 6.45) is 0.550. The van der Waals surface area contributed by atoms with Gasteiger partial charge in [-0.3, -0.25) is 10.2 Å². The zero-order chi connectivity index (χ0) is 25.2. The Balaban J connectivity index is 2.04. The smallest absolute Gasteiger partial charge is 0.326 e. The van der Waals surface area contributed by atoms with Crippen LogP contribution in [0.25, 0.3) is 0 Å². The zero-order valence-corrected chi connectivity index (χ0v) is 19.3. The molecule has 3 aromatic carbocycles. The molecule has 0 bridgehead atoms. The molecule has 0 heterocycles. The second-order valence-electron chi connectivity index (χ2n) is 8.20. The molecule has 6 N–H and O–H groups in total. The van der Waals surface area contributed by atoms with Crippen LogP contribution in [0.1, 0.15) is 35.6 Å². The number of nitrogens with zero attached hydrogens (tertiary/aromatic N) is 1. The van der Waals surface area contributed by atoms with Crippen LogP contribution in [-0.2, 0) is 16.0 Å². The molecule has 0 aliphatic rings. The summed E-state index contributed by atoms with van der Waals surface area (Å²) >= 11 is 0. The summed E-state index contributed by atoms with van der Waals surface area (Å²) in [5, 5.41) is 29.8. The number of amides is 1. The van der Waals surface area contributed by atoms with Crippen molar-refractivity contribution in [3.8, 4) is 5.75 Å². The van der Waals surface area contributed by atoms with Crippen molar-refractivity contribution in [3.05, 3.63) is 102 Å². The number of benzene rings is 3. The third kappa shape index (κ3) is 7.07. The summed E-state index contributed by atoms with van der Waals surface area (Å²) in [6, 6.07) is 23.3. The maximum atomic E-state index is 13.8. The highest BCUT2D eigenvalue weighted by molar-refractivity contribution is 5.86. The van der Waals surface area contributed by atoms with E-state index in [1.54, 1.807) is 12.1 Å². The van der Waals surface area contributed by atoms with Crippen molar-refractivity contribution in [2.45, 2.75) is 31.3 Å². The van der Waals surface area contributed by atoms with Crippen LogP contribution in [0.15, 0.2) is 84.9 Å². The number of guanidine groups is 1. The van der Waals surface area contributed by atoms with E-state index < -0.39 is 18.1 Å². The lowest BCUT2D eigenvalue weighted by molar-refractivity contribution is -0.152. The summed E-state index contributed by atoms with van der Waals surface area (Å²) < 4.78 is 0. The van der Waals surface area contributed by atoms with Crippen molar-refractivity contribution in [1.29, 1.82) is 5.41 Å².